The second-order valence-corrected chi connectivity index (χ2v) is 7.14. The summed E-state index contributed by atoms with van der Waals surface area (Å²) in [5, 5.41) is 122. The van der Waals surface area contributed by atoms with Gasteiger partial charge in [0, 0.05) is 53.7 Å². The number of aliphatic carboxylic acids is 9. The van der Waals surface area contributed by atoms with Crippen LogP contribution in [-0.4, -0.2) is 125 Å². The Kier molecular flexibility index (Phi) is 101. The molecule has 20 N–H and O–H groups in total. The molecular formula is C18H32Fe4O31. The molecule has 0 aromatic rings. The van der Waals surface area contributed by atoms with Crippen molar-refractivity contribution in [2.45, 2.75) is 55.3 Å². The second-order valence-electron chi connectivity index (χ2n) is 7.14. The van der Waals surface area contributed by atoms with Gasteiger partial charge >= 0.3 is 68.3 Å². The van der Waals surface area contributed by atoms with E-state index in [0.717, 1.165) is 0 Å². The minimum absolute atomic E-state index is 0. The van der Waals surface area contributed by atoms with Gasteiger partial charge in [-0.3, -0.25) is 0 Å². The van der Waals surface area contributed by atoms with Crippen LogP contribution in [0.15, 0.2) is 0 Å². The van der Waals surface area contributed by atoms with Gasteiger partial charge in [-0.25, -0.2) is 0 Å². The average molecular weight is 968 g/mol. The maximum absolute atomic E-state index is 10.9. The maximum atomic E-state index is 10.9. The Bertz CT molecular complexity index is 834. The van der Waals surface area contributed by atoms with Crippen LogP contribution in [0.4, 0.5) is 0 Å². The molecule has 53 heavy (non-hydrogen) atoms. The smallest absolute Gasteiger partial charge is 0.845 e. The molecule has 31 nitrogen and oxygen atoms in total. The third-order valence-electron chi connectivity index (χ3n) is 3.70. The molecule has 0 aromatic carbocycles. The number of hydrogen-bond acceptors (Lipinski definition) is 21. The van der Waals surface area contributed by atoms with Crippen LogP contribution in [0.2, 0.25) is 0 Å². The molecule has 0 rings (SSSR count). The van der Waals surface area contributed by atoms with Crippen molar-refractivity contribution >= 4 is 53.7 Å². The van der Waals surface area contributed by atoms with Crippen LogP contribution in [0.3, 0.4) is 0 Å². The van der Waals surface area contributed by atoms with Gasteiger partial charge in [0.25, 0.3) is 0 Å². The number of carboxylic acids is 9. The number of carbonyl (C=O) groups is 9. The van der Waals surface area contributed by atoms with E-state index in [2.05, 4.69) is 0 Å². The summed E-state index contributed by atoms with van der Waals surface area (Å²) in [6, 6.07) is 0. The van der Waals surface area contributed by atoms with Gasteiger partial charge in [0.1, 0.15) is 0 Å². The summed E-state index contributed by atoms with van der Waals surface area (Å²) in [5.41, 5.74) is -9.67. The van der Waals surface area contributed by atoms with E-state index >= 15 is 0 Å². The largest absolute Gasteiger partial charge is 3.00 e. The molecule has 0 saturated heterocycles. The van der Waals surface area contributed by atoms with Crippen molar-refractivity contribution in [1.82, 2.24) is 0 Å². The van der Waals surface area contributed by atoms with E-state index < -0.39 is 109 Å². The van der Waals surface area contributed by atoms with E-state index in [1.807, 2.05) is 0 Å². The van der Waals surface area contributed by atoms with Gasteiger partial charge in [0.05, 0.1) is 0 Å². The normalized spacial score (nSPS) is 7.98. The van der Waals surface area contributed by atoms with E-state index in [-0.39, 0.29) is 123 Å². The first kappa shape index (κ1) is 110. The summed E-state index contributed by atoms with van der Waals surface area (Å²) < 4.78 is 0. The Hall–Kier alpha value is -3.21. The summed E-state index contributed by atoms with van der Waals surface area (Å²) in [7, 11) is 0. The molecule has 0 fully saturated rings. The minimum Gasteiger partial charge on any atom is -0.845 e. The third-order valence-corrected chi connectivity index (χ3v) is 3.70. The molecule has 0 aliphatic rings. The molecule has 0 heterocycles. The molecule has 0 aliphatic heterocycles. The maximum Gasteiger partial charge on any atom is 3.00 e. The van der Waals surface area contributed by atoms with Crippen LogP contribution in [-0.2, 0) is 111 Å². The Morgan fingerprint density at radius 3 is 0.377 bits per heavy atom. The number of hydrogen-bond donors (Lipinski definition) is 0. The molecule has 35 heteroatoms. The fourth-order valence-electron chi connectivity index (χ4n) is 2.02. The Balaban J connectivity index is -0.0000000216. The van der Waals surface area contributed by atoms with E-state index in [4.69, 9.17) is 0 Å². The topological polar surface area (TPSA) is 745 Å². The van der Waals surface area contributed by atoms with Crippen molar-refractivity contribution in [3.8, 4) is 0 Å². The summed E-state index contributed by atoms with van der Waals surface area (Å²) in [6.45, 7) is 0. The number of carbonyl (C=O) groups excluding carboxylic acids is 9. The number of carboxylic acid groups (broad SMARTS) is 9. The Morgan fingerprint density at radius 2 is 0.340 bits per heavy atom. The van der Waals surface area contributed by atoms with Gasteiger partial charge in [-0.05, 0) is 38.5 Å². The quantitative estimate of drug-likeness (QED) is 0.138. The first-order chi connectivity index (χ1) is 17.3. The summed E-state index contributed by atoms with van der Waals surface area (Å²) in [5.74, 6) is -18.7. The molecule has 0 amide bonds. The molecule has 0 aromatic heterocycles. The third kappa shape index (κ3) is 53.2. The van der Waals surface area contributed by atoms with Crippen LogP contribution in [0.1, 0.15) is 38.5 Å². The SMILES string of the molecule is O.O.O.O.O.O.O.O.O.O.O=C([O-])CC([O-])(CC(=O)[O-])C(=O)[O-].O=C([O-])CC([O-])(CC(=O)[O-])C(=O)[O-].O=C([O-])CC([O-])(CC(=O)[O-])C(=O)[O-].[Fe+3].[Fe+3].[Fe+3].[Fe+3]. The summed E-state index contributed by atoms with van der Waals surface area (Å²) in [4.78, 5) is 89.6. The summed E-state index contributed by atoms with van der Waals surface area (Å²) >= 11 is 0. The van der Waals surface area contributed by atoms with Crippen molar-refractivity contribution in [2.75, 3.05) is 0 Å². The van der Waals surface area contributed by atoms with Crippen LogP contribution in [0.5, 0.6) is 0 Å². The first-order valence-corrected chi connectivity index (χ1v) is 9.28. The zero-order valence-corrected chi connectivity index (χ0v) is 29.6. The predicted octanol–water partition coefficient (Wildman–Crippen LogP) is -25.9. The van der Waals surface area contributed by atoms with Crippen LogP contribution in [0.25, 0.3) is 0 Å². The monoisotopic (exact) mass is 968 g/mol. The fraction of sp³-hybridized carbons (Fsp3) is 0.500. The fourth-order valence-corrected chi connectivity index (χ4v) is 2.02. The second kappa shape index (κ2) is 48.8. The van der Waals surface area contributed by atoms with Crippen molar-refractivity contribution in [3.05, 3.63) is 0 Å². The molecule has 0 unspecified atom stereocenters. The molecule has 4 radical (unpaired) electrons. The molecule has 0 saturated carbocycles. The molecule has 0 atom stereocenters. The number of rotatable bonds is 15. The van der Waals surface area contributed by atoms with Gasteiger partial charge in [-0.15, -0.1) is 0 Å². The summed E-state index contributed by atoms with van der Waals surface area (Å²) in [6.07, 6.45) is -8.81. The van der Waals surface area contributed by atoms with Crippen molar-refractivity contribution in [2.24, 2.45) is 0 Å². The molecule has 0 aliphatic carbocycles. The molecular weight excluding hydrogens is 936 g/mol. The Labute approximate surface area is 335 Å². The average Bonchev–Trinajstić information content (AvgIpc) is 2.64. The van der Waals surface area contributed by atoms with E-state index in [9.17, 15) is 104 Å². The first-order valence-electron chi connectivity index (χ1n) is 9.28. The zero-order valence-electron chi connectivity index (χ0n) is 25.2. The van der Waals surface area contributed by atoms with E-state index in [1.54, 1.807) is 0 Å². The standard InChI is InChI=1S/3C6H7O7.4Fe.10H2O/c3*7-3(8)1-6(13,5(11)12)2-4(9)10;;;;;;;;;;;;;;/h3*1-2H2,(H,7,8)(H,9,10)(H,11,12);;;;;10*1H2/q3*-1;4*+3;;;;;;;;;;/p-9. The molecule has 0 spiro atoms. The van der Waals surface area contributed by atoms with Gasteiger partial charge < -0.3 is 159 Å². The Morgan fingerprint density at radius 1 is 0.264 bits per heavy atom. The van der Waals surface area contributed by atoms with Crippen LogP contribution in [0, 0.1) is 0 Å². The van der Waals surface area contributed by atoms with E-state index in [0.29, 0.717) is 0 Å². The van der Waals surface area contributed by atoms with Gasteiger partial charge in [0.15, 0.2) is 0 Å². The van der Waals surface area contributed by atoms with Crippen molar-refractivity contribution in [3.63, 3.8) is 0 Å². The van der Waals surface area contributed by atoms with Crippen LogP contribution < -0.4 is 61.3 Å². The minimum atomic E-state index is -3.22. The van der Waals surface area contributed by atoms with Gasteiger partial charge in [-0.1, -0.05) is 16.8 Å². The van der Waals surface area contributed by atoms with Crippen LogP contribution >= 0.6 is 0 Å². The van der Waals surface area contributed by atoms with E-state index in [1.165, 1.54) is 0 Å². The van der Waals surface area contributed by atoms with Crippen molar-refractivity contribution in [1.29, 1.82) is 0 Å². The van der Waals surface area contributed by atoms with Crippen molar-refractivity contribution < 1.29 is 227 Å². The molecule has 0 bridgehead atoms. The molecule has 322 valence electrons. The predicted molar refractivity (Wildman–Crippen MR) is 117 cm³/mol. The zero-order chi connectivity index (χ0) is 31.9. The van der Waals surface area contributed by atoms with Gasteiger partial charge in [0.2, 0.25) is 0 Å². The van der Waals surface area contributed by atoms with Gasteiger partial charge in [-0.2, -0.15) is 0 Å².